The Bertz CT molecular complexity index is 976. The first-order chi connectivity index (χ1) is 16.0. The van der Waals surface area contributed by atoms with Gasteiger partial charge >= 0.3 is 0 Å². The lowest BCUT2D eigenvalue weighted by Crippen LogP contribution is -2.65. The fourth-order valence-electron chi connectivity index (χ4n) is 5.06. The highest BCUT2D eigenvalue weighted by atomic mass is 16.5. The smallest absolute Gasteiger partial charge is 0.273 e. The van der Waals surface area contributed by atoms with Crippen molar-refractivity contribution in [2.45, 2.75) is 83.3 Å². The molecule has 2 amide bonds. The Hall–Kier alpha value is -2.83. The molecule has 2 heterocycles. The summed E-state index contributed by atoms with van der Waals surface area (Å²) in [6, 6.07) is 9.64. The predicted octanol–water partition coefficient (Wildman–Crippen LogP) is 4.41. The Kier molecular flexibility index (Phi) is 7.05. The molecule has 1 aromatic heterocycles. The van der Waals surface area contributed by atoms with Crippen LogP contribution in [0.2, 0.25) is 0 Å². The van der Waals surface area contributed by atoms with Crippen LogP contribution in [0.4, 0.5) is 0 Å². The molecule has 0 bridgehead atoms. The average Bonchev–Trinajstić information content (AvgIpc) is 3.22. The summed E-state index contributed by atoms with van der Waals surface area (Å²) in [6.45, 7) is 4.81. The van der Waals surface area contributed by atoms with E-state index in [1.165, 1.54) is 19.3 Å². The van der Waals surface area contributed by atoms with Gasteiger partial charge in [-0.3, -0.25) is 14.3 Å². The topological polar surface area (TPSA) is 76.5 Å². The van der Waals surface area contributed by atoms with Gasteiger partial charge in [0.25, 0.3) is 5.91 Å². The molecule has 4 rings (SSSR count). The lowest BCUT2D eigenvalue weighted by atomic mass is 9.92. The van der Waals surface area contributed by atoms with Crippen LogP contribution in [0.25, 0.3) is 11.3 Å². The minimum Gasteiger partial charge on any atom is -0.497 e. The minimum absolute atomic E-state index is 0.0676. The Morgan fingerprint density at radius 3 is 2.45 bits per heavy atom. The van der Waals surface area contributed by atoms with Gasteiger partial charge in [0.15, 0.2) is 0 Å². The molecule has 0 radical (unpaired) electrons. The molecule has 7 nitrogen and oxygen atoms in total. The third-order valence-electron chi connectivity index (χ3n) is 7.06. The van der Waals surface area contributed by atoms with Gasteiger partial charge in [0.1, 0.15) is 17.0 Å². The van der Waals surface area contributed by atoms with Gasteiger partial charge in [0.05, 0.1) is 19.3 Å². The summed E-state index contributed by atoms with van der Waals surface area (Å²) >= 11 is 0. The maximum absolute atomic E-state index is 13.6. The second-order valence-corrected chi connectivity index (χ2v) is 9.55. The third kappa shape index (κ3) is 4.77. The number of fused-ring (bicyclic) bond motifs is 1. The van der Waals surface area contributed by atoms with Crippen molar-refractivity contribution in [1.82, 2.24) is 20.0 Å². The minimum atomic E-state index is -0.967. The standard InChI is InChI=1S/C26H36N4O3/c1-4-16-29-24(31)23-17-22(19-12-14-21(33-3)15-13-19)28-30(23)18-26(29,2)25(32)27-20-10-8-6-5-7-9-11-20/h12-15,17,20H,4-11,16,18H2,1-3H3,(H,27,32). The highest BCUT2D eigenvalue weighted by Crippen LogP contribution is 2.31. The highest BCUT2D eigenvalue weighted by molar-refractivity contribution is 6.00. The quantitative estimate of drug-likeness (QED) is 0.704. The van der Waals surface area contributed by atoms with Crippen LogP contribution < -0.4 is 10.1 Å². The van der Waals surface area contributed by atoms with E-state index in [0.29, 0.717) is 18.8 Å². The molecule has 33 heavy (non-hydrogen) atoms. The summed E-state index contributed by atoms with van der Waals surface area (Å²) in [5, 5.41) is 8.02. The van der Waals surface area contributed by atoms with Gasteiger partial charge in [-0.25, -0.2) is 0 Å². The summed E-state index contributed by atoms with van der Waals surface area (Å²) < 4.78 is 6.96. The molecule has 1 aliphatic carbocycles. The van der Waals surface area contributed by atoms with Crippen molar-refractivity contribution in [3.8, 4) is 17.0 Å². The van der Waals surface area contributed by atoms with E-state index in [1.807, 2.05) is 44.2 Å². The molecule has 1 fully saturated rings. The van der Waals surface area contributed by atoms with Crippen LogP contribution >= 0.6 is 0 Å². The maximum atomic E-state index is 13.6. The molecule has 1 saturated carbocycles. The summed E-state index contributed by atoms with van der Waals surface area (Å²) in [7, 11) is 1.63. The molecule has 1 aliphatic heterocycles. The Balaban J connectivity index is 1.60. The Labute approximate surface area is 196 Å². The lowest BCUT2D eigenvalue weighted by molar-refractivity contribution is -0.134. The summed E-state index contributed by atoms with van der Waals surface area (Å²) in [5.41, 5.74) is 1.20. The molecule has 2 aromatic rings. The average molecular weight is 453 g/mol. The van der Waals surface area contributed by atoms with Crippen molar-refractivity contribution in [3.63, 3.8) is 0 Å². The number of ether oxygens (including phenoxy) is 1. The number of hydrogen-bond acceptors (Lipinski definition) is 4. The number of amides is 2. The third-order valence-corrected chi connectivity index (χ3v) is 7.06. The van der Waals surface area contributed by atoms with E-state index >= 15 is 0 Å². The first-order valence-corrected chi connectivity index (χ1v) is 12.3. The van der Waals surface area contributed by atoms with Crippen LogP contribution in [0.3, 0.4) is 0 Å². The number of rotatable bonds is 6. The van der Waals surface area contributed by atoms with E-state index < -0.39 is 5.54 Å². The van der Waals surface area contributed by atoms with Gasteiger partial charge in [-0.05, 0) is 56.5 Å². The van der Waals surface area contributed by atoms with Gasteiger partial charge in [-0.15, -0.1) is 0 Å². The molecular formula is C26H36N4O3. The number of hydrogen-bond donors (Lipinski definition) is 1. The van der Waals surface area contributed by atoms with Crippen LogP contribution in [0.5, 0.6) is 5.75 Å². The largest absolute Gasteiger partial charge is 0.497 e. The molecule has 2 aliphatic rings. The summed E-state index contributed by atoms with van der Waals surface area (Å²) in [6.07, 6.45) is 8.86. The van der Waals surface area contributed by atoms with Crippen molar-refractivity contribution in [1.29, 1.82) is 0 Å². The molecular weight excluding hydrogens is 416 g/mol. The van der Waals surface area contributed by atoms with E-state index in [2.05, 4.69) is 5.32 Å². The second-order valence-electron chi connectivity index (χ2n) is 9.55. The normalized spacial score (nSPS) is 21.8. The van der Waals surface area contributed by atoms with E-state index in [0.717, 1.165) is 49.1 Å². The van der Waals surface area contributed by atoms with Gasteiger partial charge < -0.3 is 15.0 Å². The molecule has 178 valence electrons. The zero-order valence-electron chi connectivity index (χ0n) is 20.1. The summed E-state index contributed by atoms with van der Waals surface area (Å²) in [5.74, 6) is 0.569. The SMILES string of the molecule is CCCN1C(=O)c2cc(-c3ccc(OC)cc3)nn2CC1(C)C(=O)NC1CCCCCCC1. The van der Waals surface area contributed by atoms with Crippen LogP contribution in [-0.4, -0.2) is 51.7 Å². The van der Waals surface area contributed by atoms with Gasteiger partial charge in [-0.1, -0.05) is 39.0 Å². The van der Waals surface area contributed by atoms with Crippen LogP contribution in [0, 0.1) is 0 Å². The van der Waals surface area contributed by atoms with Crippen LogP contribution in [0.1, 0.15) is 75.7 Å². The van der Waals surface area contributed by atoms with Crippen molar-refractivity contribution in [2.75, 3.05) is 13.7 Å². The van der Waals surface area contributed by atoms with Crippen molar-refractivity contribution in [3.05, 3.63) is 36.0 Å². The van der Waals surface area contributed by atoms with Crippen molar-refractivity contribution < 1.29 is 14.3 Å². The van der Waals surface area contributed by atoms with E-state index in [4.69, 9.17) is 9.84 Å². The zero-order chi connectivity index (χ0) is 23.4. The van der Waals surface area contributed by atoms with Crippen molar-refractivity contribution >= 4 is 11.8 Å². The van der Waals surface area contributed by atoms with E-state index in [1.54, 1.807) is 16.7 Å². The number of carbonyl (C=O) groups excluding carboxylic acids is 2. The van der Waals surface area contributed by atoms with E-state index in [9.17, 15) is 9.59 Å². The van der Waals surface area contributed by atoms with Crippen LogP contribution in [0.15, 0.2) is 30.3 Å². The van der Waals surface area contributed by atoms with Crippen molar-refractivity contribution in [2.24, 2.45) is 0 Å². The number of carbonyl (C=O) groups is 2. The molecule has 0 saturated heterocycles. The first kappa shape index (κ1) is 23.3. The number of nitrogens with one attached hydrogen (secondary N) is 1. The Morgan fingerprint density at radius 1 is 1.15 bits per heavy atom. The molecule has 1 unspecified atom stereocenters. The number of nitrogens with zero attached hydrogens (tertiary/aromatic N) is 3. The monoisotopic (exact) mass is 452 g/mol. The Morgan fingerprint density at radius 2 is 1.82 bits per heavy atom. The molecule has 7 heteroatoms. The predicted molar refractivity (Wildman–Crippen MR) is 128 cm³/mol. The van der Waals surface area contributed by atoms with Gasteiger partial charge in [-0.2, -0.15) is 5.10 Å². The second kappa shape index (κ2) is 9.98. The number of aromatic nitrogens is 2. The maximum Gasteiger partial charge on any atom is 0.273 e. The van der Waals surface area contributed by atoms with Gasteiger partial charge in [0.2, 0.25) is 5.91 Å². The number of benzene rings is 1. The summed E-state index contributed by atoms with van der Waals surface area (Å²) in [4.78, 5) is 28.9. The van der Waals surface area contributed by atoms with Gasteiger partial charge in [0, 0.05) is 18.2 Å². The zero-order valence-corrected chi connectivity index (χ0v) is 20.1. The highest BCUT2D eigenvalue weighted by Gasteiger charge is 2.48. The molecule has 1 aromatic carbocycles. The lowest BCUT2D eigenvalue weighted by Gasteiger charge is -2.43. The fraction of sp³-hybridized carbons (Fsp3) is 0.577. The van der Waals surface area contributed by atoms with E-state index in [-0.39, 0.29) is 17.9 Å². The van der Waals surface area contributed by atoms with Crippen LogP contribution in [-0.2, 0) is 11.3 Å². The molecule has 1 N–H and O–H groups in total. The fourth-order valence-corrected chi connectivity index (χ4v) is 5.06. The first-order valence-electron chi connectivity index (χ1n) is 12.3. The number of methoxy groups -OCH3 is 1. The molecule has 0 spiro atoms. The molecule has 1 atom stereocenters.